The quantitative estimate of drug-likeness (QED) is 0.599. The summed E-state index contributed by atoms with van der Waals surface area (Å²) in [6, 6.07) is 0.637. The smallest absolute Gasteiger partial charge is 0.317 e. The summed E-state index contributed by atoms with van der Waals surface area (Å²) >= 11 is 0. The molecule has 2 heterocycles. The fourth-order valence-corrected chi connectivity index (χ4v) is 1.86. The summed E-state index contributed by atoms with van der Waals surface area (Å²) in [5.74, 6) is 0. The van der Waals surface area contributed by atoms with E-state index in [1.165, 1.54) is 12.8 Å². The average molecular weight is 169 g/mol. The lowest BCUT2D eigenvalue weighted by molar-refractivity contribution is 0.213. The molecule has 0 aromatic heterocycles. The van der Waals surface area contributed by atoms with Crippen molar-refractivity contribution in [2.75, 3.05) is 26.2 Å². The maximum absolute atomic E-state index is 11.1. The molecule has 0 aromatic rings. The predicted molar refractivity (Wildman–Crippen MR) is 46.0 cm³/mol. The monoisotopic (exact) mass is 169 g/mol. The van der Waals surface area contributed by atoms with Gasteiger partial charge in [0.2, 0.25) is 0 Å². The van der Waals surface area contributed by atoms with E-state index in [1.54, 1.807) is 0 Å². The van der Waals surface area contributed by atoms with Crippen LogP contribution in [0.25, 0.3) is 0 Å². The van der Waals surface area contributed by atoms with Crippen molar-refractivity contribution >= 4 is 6.03 Å². The van der Waals surface area contributed by atoms with Crippen molar-refractivity contribution in [3.05, 3.63) is 0 Å². The molecule has 12 heavy (non-hydrogen) atoms. The van der Waals surface area contributed by atoms with Gasteiger partial charge in [0.15, 0.2) is 0 Å². The first kappa shape index (κ1) is 7.86. The number of carbonyl (C=O) groups is 1. The second-order valence-corrected chi connectivity index (χ2v) is 3.47. The lowest BCUT2D eigenvalue weighted by atomic mass is 10.2. The largest absolute Gasteiger partial charge is 0.336 e. The maximum Gasteiger partial charge on any atom is 0.317 e. The number of urea groups is 1. The van der Waals surface area contributed by atoms with Gasteiger partial charge in [0.05, 0.1) is 0 Å². The summed E-state index contributed by atoms with van der Waals surface area (Å²) in [7, 11) is 0. The Morgan fingerprint density at radius 1 is 1.50 bits per heavy atom. The number of rotatable bonds is 2. The van der Waals surface area contributed by atoms with Crippen LogP contribution in [0.5, 0.6) is 0 Å². The Kier molecular flexibility index (Phi) is 2.17. The van der Waals surface area contributed by atoms with E-state index in [0.717, 1.165) is 26.2 Å². The minimum atomic E-state index is 0.101. The molecule has 2 aliphatic rings. The van der Waals surface area contributed by atoms with Gasteiger partial charge in [-0.2, -0.15) is 0 Å². The molecule has 4 nitrogen and oxygen atoms in total. The lowest BCUT2D eigenvalue weighted by Crippen LogP contribution is -2.39. The highest BCUT2D eigenvalue weighted by Gasteiger charge is 2.24. The van der Waals surface area contributed by atoms with Gasteiger partial charge in [0.25, 0.3) is 0 Å². The molecule has 2 saturated heterocycles. The van der Waals surface area contributed by atoms with Gasteiger partial charge in [-0.05, 0) is 19.4 Å². The number of hydrogen-bond acceptors (Lipinski definition) is 2. The average Bonchev–Trinajstić information content (AvgIpc) is 2.65. The first-order chi connectivity index (χ1) is 5.86. The molecular weight excluding hydrogens is 154 g/mol. The van der Waals surface area contributed by atoms with Crippen LogP contribution < -0.4 is 10.6 Å². The zero-order valence-electron chi connectivity index (χ0n) is 7.18. The molecule has 2 amide bonds. The van der Waals surface area contributed by atoms with E-state index < -0.39 is 0 Å². The predicted octanol–water partition coefficient (Wildman–Crippen LogP) is -0.236. The molecule has 0 spiro atoms. The summed E-state index contributed by atoms with van der Waals surface area (Å²) in [6.07, 6.45) is 2.46. The highest BCUT2D eigenvalue weighted by molar-refractivity contribution is 5.76. The third kappa shape index (κ3) is 1.53. The molecule has 2 rings (SSSR count). The number of amides is 2. The minimum Gasteiger partial charge on any atom is -0.336 e. The SMILES string of the molecule is O=C1NCCN1C[C@@H]1CCCN1. The van der Waals surface area contributed by atoms with Crippen LogP contribution >= 0.6 is 0 Å². The van der Waals surface area contributed by atoms with Gasteiger partial charge in [0.1, 0.15) is 0 Å². The molecular formula is C8H15N3O. The molecule has 2 aliphatic heterocycles. The van der Waals surface area contributed by atoms with Crippen molar-refractivity contribution in [2.45, 2.75) is 18.9 Å². The van der Waals surface area contributed by atoms with Gasteiger partial charge in [-0.3, -0.25) is 0 Å². The van der Waals surface area contributed by atoms with E-state index >= 15 is 0 Å². The van der Waals surface area contributed by atoms with Gasteiger partial charge in [-0.1, -0.05) is 0 Å². The van der Waals surface area contributed by atoms with Gasteiger partial charge in [-0.25, -0.2) is 4.79 Å². The third-order valence-corrected chi connectivity index (χ3v) is 2.55. The molecule has 0 bridgehead atoms. The van der Waals surface area contributed by atoms with E-state index in [1.807, 2.05) is 4.90 Å². The van der Waals surface area contributed by atoms with E-state index in [0.29, 0.717) is 6.04 Å². The first-order valence-electron chi connectivity index (χ1n) is 4.62. The molecule has 0 saturated carbocycles. The molecule has 2 fully saturated rings. The molecule has 68 valence electrons. The van der Waals surface area contributed by atoms with Crippen LogP contribution in [0.4, 0.5) is 4.79 Å². The number of nitrogens with one attached hydrogen (secondary N) is 2. The van der Waals surface area contributed by atoms with Crippen LogP contribution in [0.15, 0.2) is 0 Å². The van der Waals surface area contributed by atoms with Crippen molar-refractivity contribution < 1.29 is 4.79 Å². The number of nitrogens with zero attached hydrogens (tertiary/aromatic N) is 1. The van der Waals surface area contributed by atoms with Crippen LogP contribution in [0, 0.1) is 0 Å². The van der Waals surface area contributed by atoms with Crippen molar-refractivity contribution in [3.8, 4) is 0 Å². The van der Waals surface area contributed by atoms with E-state index in [4.69, 9.17) is 0 Å². The molecule has 0 radical (unpaired) electrons. The van der Waals surface area contributed by atoms with Gasteiger partial charge < -0.3 is 15.5 Å². The fourth-order valence-electron chi connectivity index (χ4n) is 1.86. The van der Waals surface area contributed by atoms with E-state index in [-0.39, 0.29) is 6.03 Å². The van der Waals surface area contributed by atoms with Crippen LogP contribution in [0.2, 0.25) is 0 Å². The number of hydrogen-bond donors (Lipinski definition) is 2. The fraction of sp³-hybridized carbons (Fsp3) is 0.875. The highest BCUT2D eigenvalue weighted by Crippen LogP contribution is 2.08. The van der Waals surface area contributed by atoms with Crippen LogP contribution in [-0.4, -0.2) is 43.2 Å². The minimum absolute atomic E-state index is 0.101. The first-order valence-corrected chi connectivity index (χ1v) is 4.62. The van der Waals surface area contributed by atoms with Crippen LogP contribution in [-0.2, 0) is 0 Å². The van der Waals surface area contributed by atoms with E-state index in [9.17, 15) is 4.79 Å². The zero-order chi connectivity index (χ0) is 8.39. The normalized spacial score (nSPS) is 29.5. The Hall–Kier alpha value is -0.770. The van der Waals surface area contributed by atoms with Crippen LogP contribution in [0.1, 0.15) is 12.8 Å². The van der Waals surface area contributed by atoms with Gasteiger partial charge in [-0.15, -0.1) is 0 Å². The number of carbonyl (C=O) groups excluding carboxylic acids is 1. The molecule has 2 N–H and O–H groups in total. The topological polar surface area (TPSA) is 44.4 Å². The second-order valence-electron chi connectivity index (χ2n) is 3.47. The summed E-state index contributed by atoms with van der Waals surface area (Å²) < 4.78 is 0. The molecule has 0 aliphatic carbocycles. The van der Waals surface area contributed by atoms with E-state index in [2.05, 4.69) is 10.6 Å². The summed E-state index contributed by atoms with van der Waals surface area (Å²) in [6.45, 7) is 3.68. The standard InChI is InChI=1S/C8H15N3O/c12-8-10-4-5-11(8)6-7-2-1-3-9-7/h7,9H,1-6H2,(H,10,12)/t7-/m0/s1. The Balaban J connectivity index is 1.81. The molecule has 4 heteroatoms. The van der Waals surface area contributed by atoms with Crippen molar-refractivity contribution in [1.82, 2.24) is 15.5 Å². The third-order valence-electron chi connectivity index (χ3n) is 2.55. The Bertz CT molecular complexity index is 177. The Morgan fingerprint density at radius 2 is 2.42 bits per heavy atom. The molecule has 0 unspecified atom stereocenters. The van der Waals surface area contributed by atoms with Crippen molar-refractivity contribution in [2.24, 2.45) is 0 Å². The highest BCUT2D eigenvalue weighted by atomic mass is 16.2. The van der Waals surface area contributed by atoms with Gasteiger partial charge in [0, 0.05) is 25.7 Å². The zero-order valence-corrected chi connectivity index (χ0v) is 7.18. The maximum atomic E-state index is 11.1. The van der Waals surface area contributed by atoms with Crippen molar-refractivity contribution in [1.29, 1.82) is 0 Å². The summed E-state index contributed by atoms with van der Waals surface area (Å²) in [4.78, 5) is 13.0. The lowest BCUT2D eigenvalue weighted by Gasteiger charge is -2.18. The summed E-state index contributed by atoms with van der Waals surface area (Å²) in [5, 5.41) is 6.19. The second kappa shape index (κ2) is 3.31. The van der Waals surface area contributed by atoms with Crippen LogP contribution in [0.3, 0.4) is 0 Å². The Labute approximate surface area is 72.3 Å². The molecule has 0 aromatic carbocycles. The van der Waals surface area contributed by atoms with Crippen molar-refractivity contribution in [3.63, 3.8) is 0 Å². The Morgan fingerprint density at radius 3 is 3.00 bits per heavy atom. The van der Waals surface area contributed by atoms with Gasteiger partial charge >= 0.3 is 6.03 Å². The summed E-state index contributed by atoms with van der Waals surface area (Å²) in [5.41, 5.74) is 0. The molecule has 1 atom stereocenters.